The normalized spacial score (nSPS) is 13.8. The van der Waals surface area contributed by atoms with Crippen molar-refractivity contribution in [2.75, 3.05) is 5.75 Å². The fourth-order valence-electron chi connectivity index (χ4n) is 2.62. The summed E-state index contributed by atoms with van der Waals surface area (Å²) in [7, 11) is 0. The van der Waals surface area contributed by atoms with Crippen LogP contribution in [0.4, 0.5) is 4.39 Å². The first kappa shape index (κ1) is 17.2. The smallest absolute Gasteiger partial charge is 0.349 e. The predicted octanol–water partition coefficient (Wildman–Crippen LogP) is 2.93. The molecule has 0 bridgehead atoms. The largest absolute Gasteiger partial charge is 0.481 e. The Bertz CT molecular complexity index is 897. The van der Waals surface area contributed by atoms with E-state index in [2.05, 4.69) is 0 Å². The van der Waals surface area contributed by atoms with Crippen LogP contribution in [0.15, 0.2) is 21.8 Å². The molecule has 1 aromatic carbocycles. The van der Waals surface area contributed by atoms with E-state index in [1.165, 1.54) is 10.7 Å². The molecular formula is C14H13ClFN3O3S2. The van der Waals surface area contributed by atoms with Gasteiger partial charge in [0, 0.05) is 18.0 Å². The fraction of sp³-hybridized carbons (Fsp3) is 0.357. The summed E-state index contributed by atoms with van der Waals surface area (Å²) in [6.45, 7) is 1.14. The Labute approximate surface area is 150 Å². The van der Waals surface area contributed by atoms with Crippen LogP contribution in [0.3, 0.4) is 0 Å². The lowest BCUT2D eigenvalue weighted by molar-refractivity contribution is -0.133. The molecule has 1 aliphatic rings. The van der Waals surface area contributed by atoms with E-state index in [-0.39, 0.29) is 21.2 Å². The summed E-state index contributed by atoms with van der Waals surface area (Å²) in [5.41, 5.74) is -0.424. The number of rotatable bonds is 4. The zero-order valence-electron chi connectivity index (χ0n) is 12.4. The average Bonchev–Trinajstić information content (AvgIpc) is 2.79. The zero-order valence-corrected chi connectivity index (χ0v) is 14.8. The van der Waals surface area contributed by atoms with Crippen LogP contribution in [0.25, 0.3) is 5.69 Å². The molecule has 0 aliphatic carbocycles. The van der Waals surface area contributed by atoms with Gasteiger partial charge in [0.15, 0.2) is 0 Å². The van der Waals surface area contributed by atoms with Crippen molar-refractivity contribution in [1.82, 2.24) is 13.9 Å². The van der Waals surface area contributed by atoms with Crippen molar-refractivity contribution in [2.24, 2.45) is 0 Å². The second kappa shape index (κ2) is 6.73. The van der Waals surface area contributed by atoms with Gasteiger partial charge in [0.05, 0.1) is 16.5 Å². The van der Waals surface area contributed by atoms with Crippen LogP contribution >= 0.6 is 35.6 Å². The van der Waals surface area contributed by atoms with Crippen molar-refractivity contribution in [1.29, 1.82) is 0 Å². The molecule has 2 heterocycles. The van der Waals surface area contributed by atoms with Crippen LogP contribution in [-0.4, -0.2) is 30.8 Å². The number of carboxylic acid groups (broad SMARTS) is 1. The molecule has 0 spiro atoms. The van der Waals surface area contributed by atoms with E-state index in [0.29, 0.717) is 18.0 Å². The molecule has 128 valence electrons. The molecular weight excluding hydrogens is 377 g/mol. The van der Waals surface area contributed by atoms with E-state index in [0.717, 1.165) is 35.2 Å². The van der Waals surface area contributed by atoms with Crippen molar-refractivity contribution in [3.63, 3.8) is 0 Å². The first-order valence-corrected chi connectivity index (χ1v) is 8.94. The highest BCUT2D eigenvalue weighted by Gasteiger charge is 2.21. The first-order chi connectivity index (χ1) is 11.4. The molecule has 0 unspecified atom stereocenters. The molecule has 24 heavy (non-hydrogen) atoms. The van der Waals surface area contributed by atoms with Gasteiger partial charge in [0.25, 0.3) is 0 Å². The molecule has 0 atom stereocenters. The Morgan fingerprint density at radius 2 is 2.00 bits per heavy atom. The minimum absolute atomic E-state index is 0.0170. The van der Waals surface area contributed by atoms with Gasteiger partial charge in [-0.3, -0.25) is 9.48 Å². The van der Waals surface area contributed by atoms with E-state index in [1.807, 2.05) is 0 Å². The van der Waals surface area contributed by atoms with Crippen molar-refractivity contribution < 1.29 is 14.3 Å². The van der Waals surface area contributed by atoms with Crippen LogP contribution in [0, 0.1) is 10.6 Å². The van der Waals surface area contributed by atoms with Crippen molar-refractivity contribution in [3.8, 4) is 5.69 Å². The highest BCUT2D eigenvalue weighted by molar-refractivity contribution is 8.00. The number of carboxylic acids is 1. The van der Waals surface area contributed by atoms with E-state index in [4.69, 9.17) is 28.9 Å². The molecule has 6 nitrogen and oxygen atoms in total. The second-order valence-electron chi connectivity index (χ2n) is 5.27. The lowest BCUT2D eigenvalue weighted by atomic mass is 10.3. The zero-order chi connectivity index (χ0) is 17.4. The van der Waals surface area contributed by atoms with Crippen LogP contribution in [0.5, 0.6) is 0 Å². The lowest BCUT2D eigenvalue weighted by Gasteiger charge is -2.14. The van der Waals surface area contributed by atoms with Crippen molar-refractivity contribution in [2.45, 2.75) is 30.8 Å². The van der Waals surface area contributed by atoms with Crippen molar-refractivity contribution >= 4 is 41.6 Å². The number of halogens is 2. The number of hydrogen-bond acceptors (Lipinski definition) is 4. The lowest BCUT2D eigenvalue weighted by Crippen LogP contribution is -2.29. The Morgan fingerprint density at radius 3 is 2.62 bits per heavy atom. The number of aromatic nitrogens is 3. The van der Waals surface area contributed by atoms with Crippen LogP contribution in [0.1, 0.15) is 12.8 Å². The topological polar surface area (TPSA) is 69.2 Å². The molecule has 0 amide bonds. The van der Waals surface area contributed by atoms with E-state index in [1.54, 1.807) is 4.68 Å². The minimum Gasteiger partial charge on any atom is -0.481 e. The molecule has 1 aliphatic heterocycles. The summed E-state index contributed by atoms with van der Waals surface area (Å²) in [6, 6.07) is 2.44. The maximum absolute atomic E-state index is 14.4. The molecule has 1 aromatic heterocycles. The number of nitrogens with zero attached hydrogens (tertiary/aromatic N) is 3. The van der Waals surface area contributed by atoms with Crippen LogP contribution in [0.2, 0.25) is 5.02 Å². The molecule has 3 rings (SSSR count). The van der Waals surface area contributed by atoms with Gasteiger partial charge in [-0.1, -0.05) is 11.6 Å². The van der Waals surface area contributed by atoms with Gasteiger partial charge in [-0.05, 0) is 37.2 Å². The second-order valence-corrected chi connectivity index (χ2v) is 7.06. The Balaban J connectivity index is 2.15. The van der Waals surface area contributed by atoms with Gasteiger partial charge in [-0.15, -0.1) is 11.8 Å². The van der Waals surface area contributed by atoms with E-state index >= 15 is 0 Å². The third-order valence-electron chi connectivity index (χ3n) is 3.70. The molecule has 1 N–H and O–H groups in total. The van der Waals surface area contributed by atoms with Gasteiger partial charge in [0.2, 0.25) is 4.77 Å². The highest BCUT2D eigenvalue weighted by Crippen LogP contribution is 2.31. The molecule has 2 aromatic rings. The molecule has 0 saturated heterocycles. The minimum atomic E-state index is -1.02. The summed E-state index contributed by atoms with van der Waals surface area (Å²) in [5.74, 6) is -1.92. The average molecular weight is 390 g/mol. The monoisotopic (exact) mass is 389 g/mol. The SMILES string of the molecule is O=C(O)CSc1cc(-n2c(=O)n3n(c2=S)CCCC3)c(F)cc1Cl. The third-order valence-corrected chi connectivity index (χ3v) is 5.56. The maximum Gasteiger partial charge on any atom is 0.349 e. The maximum atomic E-state index is 14.4. The predicted molar refractivity (Wildman–Crippen MR) is 91.4 cm³/mol. The number of hydrogen-bond donors (Lipinski definition) is 1. The summed E-state index contributed by atoms with van der Waals surface area (Å²) < 4.78 is 18.9. The van der Waals surface area contributed by atoms with Crippen LogP contribution < -0.4 is 5.69 Å². The number of benzene rings is 1. The molecule has 0 fully saturated rings. The van der Waals surface area contributed by atoms with Gasteiger partial charge in [0.1, 0.15) is 5.82 Å². The molecule has 0 radical (unpaired) electrons. The van der Waals surface area contributed by atoms with E-state index < -0.39 is 17.5 Å². The highest BCUT2D eigenvalue weighted by atomic mass is 35.5. The molecule has 0 saturated carbocycles. The quantitative estimate of drug-likeness (QED) is 0.643. The third kappa shape index (κ3) is 3.03. The van der Waals surface area contributed by atoms with Gasteiger partial charge in [-0.25, -0.2) is 18.4 Å². The van der Waals surface area contributed by atoms with Gasteiger partial charge in [-0.2, -0.15) is 0 Å². The number of fused-ring (bicyclic) bond motifs is 1. The number of thioether (sulfide) groups is 1. The summed E-state index contributed by atoms with van der Waals surface area (Å²) >= 11 is 12.3. The number of aliphatic carboxylic acids is 1. The van der Waals surface area contributed by atoms with E-state index in [9.17, 15) is 14.0 Å². The molecule has 10 heteroatoms. The Kier molecular flexibility index (Phi) is 4.84. The number of carbonyl (C=O) groups is 1. The standard InChI is InChI=1S/C14H13ClFN3O3S2/c15-8-5-9(16)10(6-11(8)24-7-12(20)21)19-13(22)17-3-1-2-4-18(17)14(19)23/h5-6H,1-4,7H2,(H,20,21). The van der Waals surface area contributed by atoms with Crippen LogP contribution in [-0.2, 0) is 17.9 Å². The van der Waals surface area contributed by atoms with Gasteiger partial charge < -0.3 is 5.11 Å². The van der Waals surface area contributed by atoms with Crippen molar-refractivity contribution in [3.05, 3.63) is 38.2 Å². The first-order valence-electron chi connectivity index (χ1n) is 7.17. The summed E-state index contributed by atoms with van der Waals surface area (Å²) in [4.78, 5) is 23.7. The Morgan fingerprint density at radius 1 is 1.33 bits per heavy atom. The van der Waals surface area contributed by atoms with Gasteiger partial charge >= 0.3 is 11.7 Å². The Hall–Kier alpha value is -1.58. The summed E-state index contributed by atoms with van der Waals surface area (Å²) in [5, 5.41) is 8.88. The summed E-state index contributed by atoms with van der Waals surface area (Å²) in [6.07, 6.45) is 1.77. The fourth-order valence-corrected chi connectivity index (χ4v) is 3.97.